The summed E-state index contributed by atoms with van der Waals surface area (Å²) in [6.45, 7) is 21.0. The van der Waals surface area contributed by atoms with Crippen LogP contribution in [0.25, 0.3) is 0 Å². The van der Waals surface area contributed by atoms with Gasteiger partial charge in [0.05, 0.1) is 35.6 Å². The molecule has 5 saturated carbocycles. The number of carbonyl (C=O) groups excluding carboxylic acids is 1. The van der Waals surface area contributed by atoms with E-state index >= 15 is 0 Å². The highest BCUT2D eigenvalue weighted by Gasteiger charge is 2.88. The number of fused-ring (bicyclic) bond motifs is 4. The Labute approximate surface area is 294 Å². The summed E-state index contributed by atoms with van der Waals surface area (Å²) in [6, 6.07) is 0. The first-order chi connectivity index (χ1) is 22.9. The second-order valence-electron chi connectivity index (χ2n) is 19.0. The Morgan fingerprint density at radius 3 is 2.41 bits per heavy atom. The van der Waals surface area contributed by atoms with Gasteiger partial charge in [0.2, 0.25) is 0 Å². The van der Waals surface area contributed by atoms with Crippen molar-refractivity contribution in [2.75, 3.05) is 39.9 Å². The highest BCUT2D eigenvalue weighted by atomic mass is 16.6. The Morgan fingerprint density at radius 2 is 1.76 bits per heavy atom. The van der Waals surface area contributed by atoms with E-state index in [0.717, 1.165) is 64.6 Å². The van der Waals surface area contributed by atoms with Crippen molar-refractivity contribution < 1.29 is 34.0 Å². The second-order valence-corrected chi connectivity index (χ2v) is 19.0. The van der Waals surface area contributed by atoms with Gasteiger partial charge in [-0.3, -0.25) is 4.90 Å². The van der Waals surface area contributed by atoms with E-state index in [9.17, 15) is 15.0 Å². The summed E-state index contributed by atoms with van der Waals surface area (Å²) < 4.78 is 24.6. The summed E-state index contributed by atoms with van der Waals surface area (Å²) in [6.07, 6.45) is 4.72. The lowest BCUT2D eigenvalue weighted by Gasteiger charge is -2.63. The normalized spacial score (nSPS) is 49.3. The number of hydrogen-bond acceptors (Lipinski definition) is 9. The number of aliphatic hydroxyl groups excluding tert-OH is 1. The molecule has 49 heavy (non-hydrogen) atoms. The minimum absolute atomic E-state index is 0.0734. The summed E-state index contributed by atoms with van der Waals surface area (Å²) in [5, 5.41) is 26.6. The lowest BCUT2D eigenvalue weighted by molar-refractivity contribution is -0.214. The van der Waals surface area contributed by atoms with Crippen LogP contribution in [-0.2, 0) is 18.9 Å². The van der Waals surface area contributed by atoms with Crippen molar-refractivity contribution in [3.05, 3.63) is 0 Å². The molecule has 0 aromatic rings. The number of ether oxygens (including phenoxy) is 4. The van der Waals surface area contributed by atoms with Gasteiger partial charge in [-0.15, -0.1) is 0 Å². The van der Waals surface area contributed by atoms with Gasteiger partial charge in [0.1, 0.15) is 12.2 Å². The van der Waals surface area contributed by atoms with Crippen LogP contribution in [0.1, 0.15) is 100 Å². The first-order valence-electron chi connectivity index (χ1n) is 19.6. The van der Waals surface area contributed by atoms with Crippen molar-refractivity contribution in [1.82, 2.24) is 10.2 Å². The third-order valence-electron chi connectivity index (χ3n) is 16.5. The zero-order chi connectivity index (χ0) is 35.5. The molecule has 14 atom stereocenters. The number of amides is 1. The van der Waals surface area contributed by atoms with Crippen molar-refractivity contribution >= 4 is 6.09 Å². The highest BCUT2D eigenvalue weighted by Crippen LogP contribution is 2.90. The molecule has 10 nitrogen and oxygen atoms in total. The smallest absolute Gasteiger partial charge is 0.407 e. The first-order valence-corrected chi connectivity index (χ1v) is 19.6. The van der Waals surface area contributed by atoms with Gasteiger partial charge in [-0.2, -0.15) is 0 Å². The highest BCUT2D eigenvalue weighted by molar-refractivity contribution is 5.67. The van der Waals surface area contributed by atoms with Gasteiger partial charge in [0.15, 0.2) is 0 Å². The van der Waals surface area contributed by atoms with Crippen molar-refractivity contribution in [1.29, 1.82) is 0 Å². The summed E-state index contributed by atoms with van der Waals surface area (Å²) >= 11 is 0. The summed E-state index contributed by atoms with van der Waals surface area (Å²) in [5.41, 5.74) is 5.81. The average Bonchev–Trinajstić information content (AvgIpc) is 3.48. The Kier molecular flexibility index (Phi) is 8.91. The van der Waals surface area contributed by atoms with Crippen molar-refractivity contribution in [3.8, 4) is 0 Å². The molecule has 5 aliphatic carbocycles. The SMILES string of the molecule is CCO[C@@H](C1C[C@@H](C)[C@H]2C(O1)[C@H](O)[C@@]1(N)C3CC[C@H]4C(C)(C)[C@@H](OC(=O)NCCN5CC(OC)C5)CC[C@@]45[C@@H](C)[C@@]35CC[C@]21C)C(C)(C)O. The van der Waals surface area contributed by atoms with E-state index in [-0.39, 0.29) is 63.8 Å². The van der Waals surface area contributed by atoms with Crippen LogP contribution in [0.15, 0.2) is 0 Å². The van der Waals surface area contributed by atoms with Crippen LogP contribution in [0.5, 0.6) is 0 Å². The third kappa shape index (κ3) is 4.85. The molecule has 2 heterocycles. The Balaban J connectivity index is 1.08. The topological polar surface area (TPSA) is 136 Å². The van der Waals surface area contributed by atoms with Crippen LogP contribution in [0.4, 0.5) is 4.79 Å². The van der Waals surface area contributed by atoms with Gasteiger partial charge in [-0.25, -0.2) is 4.79 Å². The number of carbonyl (C=O) groups is 1. The van der Waals surface area contributed by atoms with E-state index in [1.165, 1.54) is 0 Å². The van der Waals surface area contributed by atoms with Gasteiger partial charge in [-0.05, 0) is 112 Å². The maximum Gasteiger partial charge on any atom is 0.407 e. The van der Waals surface area contributed by atoms with E-state index in [1.54, 1.807) is 21.0 Å². The molecule has 2 aliphatic heterocycles. The molecule has 0 radical (unpaired) electrons. The number of likely N-dealkylation sites (tertiary alicyclic amines) is 1. The number of aliphatic hydroxyl groups is 2. The molecule has 0 aromatic heterocycles. The monoisotopic (exact) mass is 689 g/mol. The molecule has 10 heteroatoms. The molecule has 7 aliphatic rings. The van der Waals surface area contributed by atoms with Crippen LogP contribution < -0.4 is 11.1 Å². The van der Waals surface area contributed by atoms with E-state index < -0.39 is 23.3 Å². The van der Waals surface area contributed by atoms with Crippen LogP contribution in [0.2, 0.25) is 0 Å². The Morgan fingerprint density at radius 1 is 1.08 bits per heavy atom. The van der Waals surface area contributed by atoms with Crippen molar-refractivity contribution in [3.63, 3.8) is 0 Å². The van der Waals surface area contributed by atoms with Gasteiger partial charge in [-0.1, -0.05) is 34.6 Å². The van der Waals surface area contributed by atoms with E-state index in [0.29, 0.717) is 31.1 Å². The second kappa shape index (κ2) is 12.0. The van der Waals surface area contributed by atoms with Crippen LogP contribution in [0.3, 0.4) is 0 Å². The molecule has 280 valence electrons. The number of alkyl carbamates (subject to hydrolysis) is 1. The van der Waals surface area contributed by atoms with Crippen molar-refractivity contribution in [2.24, 2.45) is 57.0 Å². The zero-order valence-corrected chi connectivity index (χ0v) is 31.8. The van der Waals surface area contributed by atoms with E-state index in [2.05, 4.69) is 44.8 Å². The van der Waals surface area contributed by atoms with Gasteiger partial charge in [0, 0.05) is 45.3 Å². The molecule has 5 N–H and O–H groups in total. The molecule has 0 aromatic carbocycles. The van der Waals surface area contributed by atoms with Crippen molar-refractivity contribution in [2.45, 2.75) is 148 Å². The van der Waals surface area contributed by atoms with Gasteiger partial charge < -0.3 is 40.2 Å². The molecular formula is C39H67N3O7. The van der Waals surface area contributed by atoms with Crippen LogP contribution >= 0.6 is 0 Å². The number of nitrogens with one attached hydrogen (secondary N) is 1. The fourth-order valence-electron chi connectivity index (χ4n) is 14.4. The average molecular weight is 690 g/mol. The molecule has 2 saturated heterocycles. The standard InChI is InChI=1S/C39H67N3O7/c1-10-47-32(35(6,7)45)25-19-22(2)29-30(48-25)31(43)39(40)27-12-11-26-34(4,5)28(49-33(44)41-17-18-42-20-24(21-42)46-9)13-14-37(26)23(3)38(27,37)16-15-36(29,39)8/h22-32,43,45H,10-21,40H2,1-9H3,(H,41,44)/t22-,23-,25?,26+,27?,28+,29+,30?,31+,32+,36-,37-,38+,39+/m1/s1. The number of hydrogen-bond donors (Lipinski definition) is 4. The summed E-state index contributed by atoms with van der Waals surface area (Å²) in [5.74, 6) is 1.56. The molecule has 0 bridgehead atoms. The maximum absolute atomic E-state index is 13.0. The lowest BCUT2D eigenvalue weighted by atomic mass is 9.43. The molecule has 3 unspecified atom stereocenters. The molecule has 1 amide bonds. The van der Waals surface area contributed by atoms with Gasteiger partial charge >= 0.3 is 6.09 Å². The third-order valence-corrected chi connectivity index (χ3v) is 16.5. The quantitative estimate of drug-likeness (QED) is 0.279. The predicted octanol–water partition coefficient (Wildman–Crippen LogP) is 4.34. The Bertz CT molecular complexity index is 1270. The van der Waals surface area contributed by atoms with Gasteiger partial charge in [0.25, 0.3) is 0 Å². The Hall–Kier alpha value is -1.01. The lowest BCUT2D eigenvalue weighted by Crippen LogP contribution is -2.70. The fraction of sp³-hybridized carbons (Fsp3) is 0.974. The summed E-state index contributed by atoms with van der Waals surface area (Å²) in [7, 11) is 1.75. The number of nitrogens with zero attached hydrogens (tertiary/aromatic N) is 1. The zero-order valence-electron chi connectivity index (χ0n) is 31.8. The first kappa shape index (κ1) is 36.4. The fourth-order valence-corrected chi connectivity index (χ4v) is 14.4. The number of methoxy groups -OCH3 is 1. The largest absolute Gasteiger partial charge is 0.446 e. The van der Waals surface area contributed by atoms with E-state index in [1.807, 2.05) is 6.92 Å². The number of nitrogens with two attached hydrogens (primary N) is 1. The molecule has 7 fully saturated rings. The van der Waals surface area contributed by atoms with Crippen LogP contribution in [0, 0.1) is 51.2 Å². The van der Waals surface area contributed by atoms with Crippen LogP contribution in [-0.4, -0.2) is 109 Å². The summed E-state index contributed by atoms with van der Waals surface area (Å²) in [4.78, 5) is 15.3. The molecule has 7 rings (SSSR count). The maximum atomic E-state index is 13.0. The minimum Gasteiger partial charge on any atom is -0.446 e. The molecular weight excluding hydrogens is 622 g/mol. The molecule has 2 spiro atoms. The predicted molar refractivity (Wildman–Crippen MR) is 187 cm³/mol. The van der Waals surface area contributed by atoms with E-state index in [4.69, 9.17) is 24.7 Å². The number of rotatable bonds is 9. The minimum atomic E-state index is -1.06.